The summed E-state index contributed by atoms with van der Waals surface area (Å²) < 4.78 is 29.9. The lowest BCUT2D eigenvalue weighted by Crippen LogP contribution is -2.28. The molecular weight excluding hydrogens is 334 g/mol. The number of aromatic nitrogens is 2. The molecule has 3 aromatic rings. The van der Waals surface area contributed by atoms with Crippen molar-refractivity contribution in [2.75, 3.05) is 0 Å². The van der Waals surface area contributed by atoms with Crippen LogP contribution in [0.3, 0.4) is 0 Å². The van der Waals surface area contributed by atoms with Crippen LogP contribution in [0, 0.1) is 0 Å². The molecule has 0 saturated carbocycles. The van der Waals surface area contributed by atoms with Gasteiger partial charge < -0.3 is 0 Å². The Morgan fingerprint density at radius 3 is 2.64 bits per heavy atom. The molecule has 0 amide bonds. The van der Waals surface area contributed by atoms with Crippen LogP contribution in [0.1, 0.15) is 44.0 Å². The van der Waals surface area contributed by atoms with E-state index in [2.05, 4.69) is 18.9 Å². The second kappa shape index (κ2) is 5.68. The fraction of sp³-hybridized carbons (Fsp3) is 0.316. The fourth-order valence-corrected chi connectivity index (χ4v) is 5.20. The minimum Gasteiger partial charge on any atom is -0.262 e. The zero-order valence-corrected chi connectivity index (χ0v) is 15.4. The zero-order valence-electron chi connectivity index (χ0n) is 14.5. The van der Waals surface area contributed by atoms with Crippen LogP contribution in [-0.2, 0) is 16.6 Å². The van der Waals surface area contributed by atoms with Crippen LogP contribution in [0.2, 0.25) is 0 Å². The van der Waals surface area contributed by atoms with Crippen molar-refractivity contribution in [3.05, 3.63) is 59.8 Å². The molecule has 2 aromatic carbocycles. The van der Waals surface area contributed by atoms with Gasteiger partial charge in [-0.15, -0.1) is 0 Å². The quantitative estimate of drug-likeness (QED) is 0.716. The molecule has 130 valence electrons. The molecule has 1 aromatic heterocycles. The minimum absolute atomic E-state index is 0.157. The first-order valence-electron chi connectivity index (χ1n) is 8.46. The second-order valence-corrected chi connectivity index (χ2v) is 8.72. The summed E-state index contributed by atoms with van der Waals surface area (Å²) in [5.74, 6) is 0. The highest BCUT2D eigenvalue weighted by Gasteiger charge is 2.36. The highest BCUT2D eigenvalue weighted by atomic mass is 32.2. The molecule has 2 heterocycles. The van der Waals surface area contributed by atoms with E-state index in [0.29, 0.717) is 11.4 Å². The molecule has 0 spiro atoms. The summed E-state index contributed by atoms with van der Waals surface area (Å²) >= 11 is 0. The Kier molecular flexibility index (Phi) is 3.70. The highest BCUT2D eigenvalue weighted by Crippen LogP contribution is 2.37. The van der Waals surface area contributed by atoms with Crippen molar-refractivity contribution in [1.82, 2.24) is 14.1 Å². The molecule has 1 atom stereocenters. The Hall–Kier alpha value is -2.18. The Balaban J connectivity index is 1.75. The van der Waals surface area contributed by atoms with Crippen LogP contribution in [-0.4, -0.2) is 22.5 Å². The molecule has 0 radical (unpaired) electrons. The van der Waals surface area contributed by atoms with E-state index in [4.69, 9.17) is 0 Å². The summed E-state index contributed by atoms with van der Waals surface area (Å²) in [6, 6.07) is 13.3. The predicted octanol–water partition coefficient (Wildman–Crippen LogP) is 3.88. The lowest BCUT2D eigenvalue weighted by atomic mass is 10.1. The van der Waals surface area contributed by atoms with Gasteiger partial charge in [-0.2, -0.15) is 9.40 Å². The van der Waals surface area contributed by atoms with E-state index in [1.54, 1.807) is 22.6 Å². The summed E-state index contributed by atoms with van der Waals surface area (Å²) in [6.45, 7) is 6.47. The molecule has 0 fully saturated rings. The van der Waals surface area contributed by atoms with Gasteiger partial charge in [0.05, 0.1) is 16.6 Å². The number of fused-ring (bicyclic) bond motifs is 2. The number of hydrogen-bond acceptors (Lipinski definition) is 3. The minimum atomic E-state index is -3.56. The maximum absolute atomic E-state index is 13.2. The molecule has 0 N–H and O–H groups in total. The van der Waals surface area contributed by atoms with Gasteiger partial charge in [0.2, 0.25) is 10.0 Å². The normalized spacial score (nSPS) is 18.2. The molecule has 1 aliphatic rings. The summed E-state index contributed by atoms with van der Waals surface area (Å²) in [5, 5.41) is 5.22. The smallest absolute Gasteiger partial charge is 0.243 e. The second-order valence-electron chi connectivity index (χ2n) is 6.83. The lowest BCUT2D eigenvalue weighted by Gasteiger charge is -2.21. The summed E-state index contributed by atoms with van der Waals surface area (Å²) in [5.41, 5.74) is 3.11. The largest absolute Gasteiger partial charge is 0.262 e. The van der Waals surface area contributed by atoms with Crippen LogP contribution in [0.4, 0.5) is 0 Å². The third-order valence-corrected chi connectivity index (χ3v) is 6.84. The maximum Gasteiger partial charge on any atom is 0.243 e. The van der Waals surface area contributed by atoms with Gasteiger partial charge in [-0.1, -0.05) is 24.3 Å². The number of rotatable bonds is 3. The Labute approximate surface area is 147 Å². The average Bonchev–Trinajstić information content (AvgIpc) is 3.16. The summed E-state index contributed by atoms with van der Waals surface area (Å²) in [6.07, 6.45) is 1.73. The van der Waals surface area contributed by atoms with Crippen LogP contribution in [0.15, 0.2) is 53.6 Å². The molecule has 0 saturated heterocycles. The van der Waals surface area contributed by atoms with Gasteiger partial charge in [-0.3, -0.25) is 4.68 Å². The van der Waals surface area contributed by atoms with Gasteiger partial charge in [0, 0.05) is 24.0 Å². The van der Waals surface area contributed by atoms with Gasteiger partial charge in [0.1, 0.15) is 0 Å². The fourth-order valence-electron chi connectivity index (χ4n) is 3.58. The van der Waals surface area contributed by atoms with E-state index < -0.39 is 10.0 Å². The Morgan fingerprint density at radius 2 is 1.92 bits per heavy atom. The van der Waals surface area contributed by atoms with E-state index in [-0.39, 0.29) is 12.1 Å². The van der Waals surface area contributed by atoms with E-state index in [1.165, 1.54) is 0 Å². The van der Waals surface area contributed by atoms with Crippen molar-refractivity contribution in [2.45, 2.75) is 44.3 Å². The molecule has 0 aliphatic carbocycles. The van der Waals surface area contributed by atoms with E-state index in [1.807, 2.05) is 41.9 Å². The van der Waals surface area contributed by atoms with Crippen LogP contribution >= 0.6 is 0 Å². The van der Waals surface area contributed by atoms with Crippen LogP contribution in [0.25, 0.3) is 10.9 Å². The lowest BCUT2D eigenvalue weighted by molar-refractivity contribution is 0.370. The average molecular weight is 355 g/mol. The molecule has 6 heteroatoms. The monoisotopic (exact) mass is 355 g/mol. The van der Waals surface area contributed by atoms with Gasteiger partial charge in [0.25, 0.3) is 0 Å². The van der Waals surface area contributed by atoms with Crippen molar-refractivity contribution in [1.29, 1.82) is 0 Å². The number of hydrogen-bond donors (Lipinski definition) is 0. The first-order chi connectivity index (χ1) is 11.9. The van der Waals surface area contributed by atoms with Crippen molar-refractivity contribution in [3.8, 4) is 0 Å². The standard InChI is InChI=1S/C19H21N3O2S/c1-13(2)22-19-9-8-17(10-16(19)11-20-22)25(23,24)21-12-15-6-4-5-7-18(15)14(21)3/h4-11,13-14H,12H2,1-3H3/t14-/m0/s1. The first kappa shape index (κ1) is 16.3. The molecule has 0 unspecified atom stereocenters. The molecule has 25 heavy (non-hydrogen) atoms. The third kappa shape index (κ3) is 2.48. The summed E-state index contributed by atoms with van der Waals surface area (Å²) in [7, 11) is -3.56. The Bertz CT molecular complexity index is 1050. The van der Waals surface area contributed by atoms with Crippen LogP contribution < -0.4 is 0 Å². The maximum atomic E-state index is 13.2. The Morgan fingerprint density at radius 1 is 1.16 bits per heavy atom. The van der Waals surface area contributed by atoms with E-state index in [9.17, 15) is 8.42 Å². The van der Waals surface area contributed by atoms with Gasteiger partial charge in [-0.25, -0.2) is 8.42 Å². The van der Waals surface area contributed by atoms with Gasteiger partial charge in [-0.05, 0) is 50.1 Å². The predicted molar refractivity (Wildman–Crippen MR) is 97.7 cm³/mol. The number of sulfonamides is 1. The zero-order chi connectivity index (χ0) is 17.8. The molecular formula is C19H21N3O2S. The van der Waals surface area contributed by atoms with Crippen molar-refractivity contribution in [3.63, 3.8) is 0 Å². The molecule has 0 bridgehead atoms. The topological polar surface area (TPSA) is 55.2 Å². The van der Waals surface area contributed by atoms with Crippen molar-refractivity contribution >= 4 is 20.9 Å². The summed E-state index contributed by atoms with van der Waals surface area (Å²) in [4.78, 5) is 0.322. The van der Waals surface area contributed by atoms with Crippen LogP contribution in [0.5, 0.6) is 0 Å². The third-order valence-electron chi connectivity index (χ3n) is 4.93. The first-order valence-corrected chi connectivity index (χ1v) is 9.90. The van der Waals surface area contributed by atoms with Crippen molar-refractivity contribution < 1.29 is 8.42 Å². The van der Waals surface area contributed by atoms with E-state index >= 15 is 0 Å². The van der Waals surface area contributed by atoms with E-state index in [0.717, 1.165) is 22.0 Å². The number of benzene rings is 2. The number of nitrogens with zero attached hydrogens (tertiary/aromatic N) is 3. The van der Waals surface area contributed by atoms with Gasteiger partial charge in [0.15, 0.2) is 0 Å². The molecule has 4 rings (SSSR count). The highest BCUT2D eigenvalue weighted by molar-refractivity contribution is 7.89. The SMILES string of the molecule is CC(C)n1ncc2cc(S(=O)(=O)N3Cc4ccccc4[C@@H]3C)ccc21. The molecule has 5 nitrogen and oxygen atoms in total. The van der Waals surface area contributed by atoms with Gasteiger partial charge >= 0.3 is 0 Å². The van der Waals surface area contributed by atoms with Crippen molar-refractivity contribution in [2.24, 2.45) is 0 Å². The molecule has 1 aliphatic heterocycles.